The van der Waals surface area contributed by atoms with E-state index in [0.717, 1.165) is 16.8 Å². The van der Waals surface area contributed by atoms with Crippen LogP contribution in [0.15, 0.2) is 10.7 Å². The number of halogens is 1. The number of aromatic nitrogens is 2. The van der Waals surface area contributed by atoms with Gasteiger partial charge in [-0.05, 0) is 36.2 Å². The first-order chi connectivity index (χ1) is 6.99. The summed E-state index contributed by atoms with van der Waals surface area (Å²) in [6, 6.07) is 1.80. The average molecular weight is 274 g/mol. The number of aliphatic hydroxyl groups excluding tert-OH is 1. The van der Waals surface area contributed by atoms with Crippen LogP contribution in [0.5, 0.6) is 0 Å². The van der Waals surface area contributed by atoms with E-state index in [1.54, 1.807) is 6.07 Å². The van der Waals surface area contributed by atoms with Gasteiger partial charge in [0, 0.05) is 6.07 Å². The molecule has 0 saturated carbocycles. The predicted octanol–water partition coefficient (Wildman–Crippen LogP) is 2.12. The zero-order valence-corrected chi connectivity index (χ0v) is 10.8. The van der Waals surface area contributed by atoms with Crippen LogP contribution < -0.4 is 5.32 Å². The van der Waals surface area contributed by atoms with Gasteiger partial charge in [0.25, 0.3) is 0 Å². The van der Waals surface area contributed by atoms with Crippen LogP contribution in [-0.4, -0.2) is 27.2 Å². The minimum atomic E-state index is -0.333. The lowest BCUT2D eigenvalue weighted by molar-refractivity contribution is 0.218. The predicted molar refractivity (Wildman–Crippen MR) is 63.9 cm³/mol. The summed E-state index contributed by atoms with van der Waals surface area (Å²) in [6.45, 7) is 5.88. The summed E-state index contributed by atoms with van der Waals surface area (Å²) in [5.41, 5.74) is -0.333. The first kappa shape index (κ1) is 12.4. The monoisotopic (exact) mass is 273 g/mol. The third-order valence-corrected chi connectivity index (χ3v) is 2.77. The number of anilines is 1. The van der Waals surface area contributed by atoms with Gasteiger partial charge in [0.1, 0.15) is 16.2 Å². The van der Waals surface area contributed by atoms with Crippen molar-refractivity contribution < 1.29 is 5.11 Å². The highest BCUT2D eigenvalue weighted by atomic mass is 79.9. The Morgan fingerprint density at radius 3 is 2.67 bits per heavy atom. The van der Waals surface area contributed by atoms with Crippen LogP contribution in [0.4, 0.5) is 5.82 Å². The van der Waals surface area contributed by atoms with Gasteiger partial charge in [-0.3, -0.25) is 0 Å². The summed E-state index contributed by atoms with van der Waals surface area (Å²) in [5, 5.41) is 12.5. The van der Waals surface area contributed by atoms with Crippen LogP contribution in [0.1, 0.15) is 26.1 Å². The Morgan fingerprint density at radius 1 is 1.53 bits per heavy atom. The second-order valence-corrected chi connectivity index (χ2v) is 4.63. The normalized spacial score (nSPS) is 14.7. The molecule has 0 aliphatic heterocycles. The molecule has 1 unspecified atom stereocenters. The topological polar surface area (TPSA) is 58.0 Å². The zero-order chi connectivity index (χ0) is 11.5. The number of nitrogens with zero attached hydrogens (tertiary/aromatic N) is 2. The van der Waals surface area contributed by atoms with Gasteiger partial charge < -0.3 is 10.4 Å². The fraction of sp³-hybridized carbons (Fsp3) is 0.600. The third-order valence-electron chi connectivity index (χ3n) is 2.37. The maximum atomic E-state index is 9.27. The Bertz CT molecular complexity index is 319. The van der Waals surface area contributed by atoms with Gasteiger partial charge in [0.2, 0.25) is 0 Å². The van der Waals surface area contributed by atoms with Crippen LogP contribution in [-0.2, 0) is 0 Å². The van der Waals surface area contributed by atoms with Gasteiger partial charge >= 0.3 is 0 Å². The van der Waals surface area contributed by atoms with Gasteiger partial charge in [-0.2, -0.15) is 0 Å². The maximum absolute atomic E-state index is 9.27. The second-order valence-electron chi connectivity index (χ2n) is 3.82. The van der Waals surface area contributed by atoms with Crippen molar-refractivity contribution >= 4 is 21.7 Å². The molecule has 0 fully saturated rings. The summed E-state index contributed by atoms with van der Waals surface area (Å²) < 4.78 is 0.744. The van der Waals surface area contributed by atoms with E-state index in [0.29, 0.717) is 5.82 Å². The van der Waals surface area contributed by atoms with Crippen LogP contribution in [0.25, 0.3) is 0 Å². The number of aryl methyl sites for hydroxylation is 1. The Morgan fingerprint density at radius 2 is 2.20 bits per heavy atom. The molecule has 1 rings (SSSR count). The molecule has 0 aliphatic carbocycles. The fourth-order valence-electron chi connectivity index (χ4n) is 1.14. The van der Waals surface area contributed by atoms with Crippen LogP contribution in [0.2, 0.25) is 0 Å². The summed E-state index contributed by atoms with van der Waals surface area (Å²) >= 11 is 3.31. The number of hydrogen-bond donors (Lipinski definition) is 2. The molecule has 0 spiro atoms. The standard InChI is InChI=1S/C10H16BrN3O/c1-4-10(3,6-15)14-9-5-8(11)12-7(2)13-9/h5,15H,4,6H2,1-3H3,(H,12,13,14). The molecule has 1 atom stereocenters. The van der Waals surface area contributed by atoms with E-state index in [1.807, 2.05) is 20.8 Å². The summed E-state index contributed by atoms with van der Waals surface area (Å²) in [6.07, 6.45) is 0.824. The first-order valence-electron chi connectivity index (χ1n) is 4.89. The molecule has 15 heavy (non-hydrogen) atoms. The van der Waals surface area contributed by atoms with Gasteiger partial charge in [-0.15, -0.1) is 0 Å². The van der Waals surface area contributed by atoms with Crippen molar-refractivity contribution in [3.8, 4) is 0 Å². The van der Waals surface area contributed by atoms with Crippen molar-refractivity contribution in [1.29, 1.82) is 0 Å². The van der Waals surface area contributed by atoms with Crippen molar-refractivity contribution in [1.82, 2.24) is 9.97 Å². The van der Waals surface area contributed by atoms with Crippen LogP contribution >= 0.6 is 15.9 Å². The largest absolute Gasteiger partial charge is 0.394 e. The minimum Gasteiger partial charge on any atom is -0.394 e. The molecule has 2 N–H and O–H groups in total. The number of nitrogens with one attached hydrogen (secondary N) is 1. The van der Waals surface area contributed by atoms with Gasteiger partial charge in [0.05, 0.1) is 12.1 Å². The van der Waals surface area contributed by atoms with E-state index in [-0.39, 0.29) is 12.1 Å². The Hall–Kier alpha value is -0.680. The van der Waals surface area contributed by atoms with E-state index >= 15 is 0 Å². The molecule has 1 aromatic rings. The molecular weight excluding hydrogens is 258 g/mol. The zero-order valence-electron chi connectivity index (χ0n) is 9.21. The SMILES string of the molecule is CCC(C)(CO)Nc1cc(Br)nc(C)n1. The molecule has 84 valence electrons. The molecule has 0 aromatic carbocycles. The Kier molecular flexibility index (Phi) is 4.04. The fourth-order valence-corrected chi connectivity index (χ4v) is 1.62. The molecule has 0 amide bonds. The number of rotatable bonds is 4. The van der Waals surface area contributed by atoms with E-state index in [1.165, 1.54) is 0 Å². The van der Waals surface area contributed by atoms with Crippen molar-refractivity contribution in [2.45, 2.75) is 32.7 Å². The number of aliphatic hydroxyl groups is 1. The molecule has 0 bridgehead atoms. The molecular formula is C10H16BrN3O. The first-order valence-corrected chi connectivity index (χ1v) is 5.68. The summed E-state index contributed by atoms with van der Waals surface area (Å²) in [5.74, 6) is 1.43. The lowest BCUT2D eigenvalue weighted by atomic mass is 10.0. The van der Waals surface area contributed by atoms with E-state index in [2.05, 4.69) is 31.2 Å². The van der Waals surface area contributed by atoms with E-state index < -0.39 is 0 Å². The Balaban J connectivity index is 2.88. The van der Waals surface area contributed by atoms with E-state index in [4.69, 9.17) is 0 Å². The maximum Gasteiger partial charge on any atom is 0.131 e. The van der Waals surface area contributed by atoms with Gasteiger partial charge in [0.15, 0.2) is 0 Å². The van der Waals surface area contributed by atoms with Gasteiger partial charge in [-0.1, -0.05) is 6.92 Å². The van der Waals surface area contributed by atoms with Crippen molar-refractivity contribution in [3.63, 3.8) is 0 Å². The Labute approximate surface area is 98.3 Å². The summed E-state index contributed by atoms with van der Waals surface area (Å²) in [4.78, 5) is 8.37. The van der Waals surface area contributed by atoms with Crippen molar-refractivity contribution in [2.24, 2.45) is 0 Å². The van der Waals surface area contributed by atoms with Crippen molar-refractivity contribution in [2.75, 3.05) is 11.9 Å². The quantitative estimate of drug-likeness (QED) is 0.826. The second kappa shape index (κ2) is 4.90. The summed E-state index contributed by atoms with van der Waals surface area (Å²) in [7, 11) is 0. The molecule has 4 nitrogen and oxygen atoms in total. The van der Waals surface area contributed by atoms with E-state index in [9.17, 15) is 5.11 Å². The molecule has 1 aromatic heterocycles. The highest BCUT2D eigenvalue weighted by Crippen LogP contribution is 2.18. The molecule has 1 heterocycles. The molecule has 0 saturated heterocycles. The lowest BCUT2D eigenvalue weighted by Crippen LogP contribution is -2.38. The van der Waals surface area contributed by atoms with Gasteiger partial charge in [-0.25, -0.2) is 9.97 Å². The number of hydrogen-bond acceptors (Lipinski definition) is 4. The van der Waals surface area contributed by atoms with Crippen molar-refractivity contribution in [3.05, 3.63) is 16.5 Å². The molecule has 5 heteroatoms. The minimum absolute atomic E-state index is 0.0736. The highest BCUT2D eigenvalue weighted by molar-refractivity contribution is 9.10. The average Bonchev–Trinajstić information content (AvgIpc) is 2.16. The third kappa shape index (κ3) is 3.43. The highest BCUT2D eigenvalue weighted by Gasteiger charge is 2.21. The molecule has 0 radical (unpaired) electrons. The smallest absolute Gasteiger partial charge is 0.131 e. The molecule has 0 aliphatic rings. The lowest BCUT2D eigenvalue weighted by Gasteiger charge is -2.27. The van der Waals surface area contributed by atoms with Crippen LogP contribution in [0.3, 0.4) is 0 Å². The van der Waals surface area contributed by atoms with Crippen LogP contribution in [0, 0.1) is 6.92 Å².